The molecule has 0 unspecified atom stereocenters. The minimum Gasteiger partial charge on any atom is -0.479 e. The summed E-state index contributed by atoms with van der Waals surface area (Å²) in [7, 11) is 1.45. The lowest BCUT2D eigenvalue weighted by Gasteiger charge is -2.40. The van der Waals surface area contributed by atoms with E-state index in [4.69, 9.17) is 4.74 Å². The topological polar surface area (TPSA) is 110 Å². The van der Waals surface area contributed by atoms with Crippen molar-refractivity contribution < 1.29 is 24.4 Å². The minimum atomic E-state index is -1.22. The van der Waals surface area contributed by atoms with Crippen molar-refractivity contribution in [2.75, 3.05) is 13.7 Å². The summed E-state index contributed by atoms with van der Waals surface area (Å²) in [5, 5.41) is 20.5. The van der Waals surface area contributed by atoms with E-state index >= 15 is 0 Å². The molecule has 8 nitrogen and oxygen atoms in total. The summed E-state index contributed by atoms with van der Waals surface area (Å²) in [5.41, 5.74) is -1.46. The number of ether oxygens (including phenoxy) is 1. The molecule has 1 amide bonds. The highest BCUT2D eigenvalue weighted by atomic mass is 16.6. The first-order valence-corrected chi connectivity index (χ1v) is 7.75. The third-order valence-electron chi connectivity index (χ3n) is 4.51. The van der Waals surface area contributed by atoms with Crippen molar-refractivity contribution >= 4 is 17.6 Å². The van der Waals surface area contributed by atoms with Crippen LogP contribution in [0.2, 0.25) is 0 Å². The van der Waals surface area contributed by atoms with Gasteiger partial charge in [0.25, 0.3) is 5.91 Å². The number of hydrogen-bond acceptors (Lipinski definition) is 5. The molecule has 1 aliphatic rings. The van der Waals surface area contributed by atoms with Crippen LogP contribution in [0.1, 0.15) is 32.1 Å². The third kappa shape index (κ3) is 3.47. The molecule has 1 aromatic carbocycles. The van der Waals surface area contributed by atoms with Crippen LogP contribution in [-0.2, 0) is 9.59 Å². The zero-order valence-corrected chi connectivity index (χ0v) is 13.4. The zero-order valence-electron chi connectivity index (χ0n) is 13.4. The Labute approximate surface area is 139 Å². The molecule has 0 saturated heterocycles. The predicted octanol–water partition coefficient (Wildman–Crippen LogP) is 2.22. The number of nitro groups is 1. The first kappa shape index (κ1) is 17.7. The van der Waals surface area contributed by atoms with E-state index in [9.17, 15) is 24.8 Å². The van der Waals surface area contributed by atoms with Gasteiger partial charge in [-0.25, -0.2) is 4.79 Å². The van der Waals surface area contributed by atoms with Gasteiger partial charge in [-0.1, -0.05) is 31.4 Å². The van der Waals surface area contributed by atoms with Crippen LogP contribution >= 0.6 is 0 Å². The van der Waals surface area contributed by atoms with Gasteiger partial charge in [-0.3, -0.25) is 14.9 Å². The van der Waals surface area contributed by atoms with E-state index in [-0.39, 0.29) is 11.4 Å². The SMILES string of the molecule is CN(C(=O)COc1ccccc1[N+](=O)[O-])C1(C(=O)O)CCCCC1. The highest BCUT2D eigenvalue weighted by molar-refractivity contribution is 5.87. The molecule has 0 aliphatic heterocycles. The van der Waals surface area contributed by atoms with Crippen LogP contribution < -0.4 is 4.74 Å². The molecule has 0 atom stereocenters. The molecule has 24 heavy (non-hydrogen) atoms. The van der Waals surface area contributed by atoms with E-state index in [2.05, 4.69) is 0 Å². The van der Waals surface area contributed by atoms with Crippen molar-refractivity contribution in [1.82, 2.24) is 4.90 Å². The number of para-hydroxylation sites is 2. The Kier molecular flexibility index (Phi) is 5.38. The summed E-state index contributed by atoms with van der Waals surface area (Å²) in [6, 6.07) is 5.75. The smallest absolute Gasteiger partial charge is 0.329 e. The Morgan fingerprint density at radius 1 is 1.29 bits per heavy atom. The zero-order chi connectivity index (χ0) is 17.7. The van der Waals surface area contributed by atoms with Gasteiger partial charge in [0.2, 0.25) is 0 Å². The molecule has 2 rings (SSSR count). The van der Waals surface area contributed by atoms with Gasteiger partial charge in [-0.15, -0.1) is 0 Å². The van der Waals surface area contributed by atoms with Crippen LogP contribution in [0.15, 0.2) is 24.3 Å². The Morgan fingerprint density at radius 3 is 2.50 bits per heavy atom. The van der Waals surface area contributed by atoms with E-state index in [0.717, 1.165) is 19.3 Å². The third-order valence-corrected chi connectivity index (χ3v) is 4.51. The van der Waals surface area contributed by atoms with E-state index < -0.39 is 28.9 Å². The molecule has 1 aromatic rings. The molecule has 0 bridgehead atoms. The maximum absolute atomic E-state index is 12.4. The number of nitro benzene ring substituents is 1. The van der Waals surface area contributed by atoms with Gasteiger partial charge < -0.3 is 14.7 Å². The summed E-state index contributed by atoms with van der Waals surface area (Å²) < 4.78 is 5.27. The summed E-state index contributed by atoms with van der Waals surface area (Å²) in [6.07, 6.45) is 3.24. The summed E-state index contributed by atoms with van der Waals surface area (Å²) in [5.74, 6) is -1.56. The molecule has 0 spiro atoms. The fraction of sp³-hybridized carbons (Fsp3) is 0.500. The van der Waals surface area contributed by atoms with Crippen LogP contribution in [0.25, 0.3) is 0 Å². The molecular weight excluding hydrogens is 316 g/mol. The number of aliphatic carboxylic acids is 1. The lowest BCUT2D eigenvalue weighted by atomic mass is 9.80. The Balaban J connectivity index is 2.09. The number of carboxylic acid groups (broad SMARTS) is 1. The van der Waals surface area contributed by atoms with Crippen molar-refractivity contribution in [2.45, 2.75) is 37.6 Å². The molecule has 1 saturated carbocycles. The van der Waals surface area contributed by atoms with Crippen molar-refractivity contribution in [3.8, 4) is 5.75 Å². The second-order valence-corrected chi connectivity index (χ2v) is 5.86. The number of benzene rings is 1. The number of rotatable bonds is 6. The summed E-state index contributed by atoms with van der Waals surface area (Å²) >= 11 is 0. The first-order valence-electron chi connectivity index (χ1n) is 7.75. The van der Waals surface area contributed by atoms with Gasteiger partial charge >= 0.3 is 11.7 Å². The fourth-order valence-corrected chi connectivity index (χ4v) is 3.03. The second kappa shape index (κ2) is 7.29. The lowest BCUT2D eigenvalue weighted by molar-refractivity contribution is -0.385. The van der Waals surface area contributed by atoms with Crippen molar-refractivity contribution in [3.05, 3.63) is 34.4 Å². The Morgan fingerprint density at radius 2 is 1.92 bits per heavy atom. The highest BCUT2D eigenvalue weighted by Crippen LogP contribution is 2.33. The lowest BCUT2D eigenvalue weighted by Crippen LogP contribution is -2.57. The fourth-order valence-electron chi connectivity index (χ4n) is 3.03. The monoisotopic (exact) mass is 336 g/mol. The molecule has 0 heterocycles. The number of hydrogen-bond donors (Lipinski definition) is 1. The van der Waals surface area contributed by atoms with E-state index in [1.165, 1.54) is 30.1 Å². The molecule has 8 heteroatoms. The number of carboxylic acids is 1. The van der Waals surface area contributed by atoms with Crippen molar-refractivity contribution in [2.24, 2.45) is 0 Å². The molecule has 0 aromatic heterocycles. The number of carbonyl (C=O) groups excluding carboxylic acids is 1. The van der Waals surface area contributed by atoms with Crippen LogP contribution in [0, 0.1) is 10.1 Å². The maximum atomic E-state index is 12.4. The van der Waals surface area contributed by atoms with E-state index in [0.29, 0.717) is 12.8 Å². The van der Waals surface area contributed by atoms with Gasteiger partial charge in [0.15, 0.2) is 12.4 Å². The maximum Gasteiger partial charge on any atom is 0.329 e. The van der Waals surface area contributed by atoms with Crippen LogP contribution in [0.4, 0.5) is 5.69 Å². The predicted molar refractivity (Wildman–Crippen MR) is 84.8 cm³/mol. The highest BCUT2D eigenvalue weighted by Gasteiger charge is 2.45. The van der Waals surface area contributed by atoms with Gasteiger partial charge in [0, 0.05) is 13.1 Å². The average Bonchev–Trinajstić information content (AvgIpc) is 2.59. The molecule has 0 radical (unpaired) electrons. The van der Waals surface area contributed by atoms with Gasteiger partial charge in [-0.2, -0.15) is 0 Å². The molecule has 1 fully saturated rings. The Hall–Kier alpha value is -2.64. The first-order chi connectivity index (χ1) is 11.4. The van der Waals surface area contributed by atoms with Crippen LogP contribution in [-0.4, -0.2) is 46.0 Å². The van der Waals surface area contributed by atoms with Gasteiger partial charge in [0.05, 0.1) is 4.92 Å². The molecule has 1 aliphatic carbocycles. The van der Waals surface area contributed by atoms with Crippen LogP contribution in [0.3, 0.4) is 0 Å². The van der Waals surface area contributed by atoms with Crippen molar-refractivity contribution in [1.29, 1.82) is 0 Å². The number of amides is 1. The number of likely N-dealkylation sites (N-methyl/N-ethyl adjacent to an activating group) is 1. The molecule has 130 valence electrons. The largest absolute Gasteiger partial charge is 0.479 e. The van der Waals surface area contributed by atoms with Crippen molar-refractivity contribution in [3.63, 3.8) is 0 Å². The summed E-state index contributed by atoms with van der Waals surface area (Å²) in [4.78, 5) is 35.6. The van der Waals surface area contributed by atoms with E-state index in [1.807, 2.05) is 0 Å². The molecular formula is C16H20N2O6. The molecule has 1 N–H and O–H groups in total. The van der Waals surface area contributed by atoms with Gasteiger partial charge in [-0.05, 0) is 18.9 Å². The quantitative estimate of drug-likeness (QED) is 0.630. The summed E-state index contributed by atoms with van der Waals surface area (Å²) in [6.45, 7) is -0.448. The minimum absolute atomic E-state index is 0.0164. The Bertz CT molecular complexity index is 639. The number of carbonyl (C=O) groups is 2. The standard InChI is InChI=1S/C16H20N2O6/c1-17(16(15(20)21)9-5-2-6-10-16)14(19)11-24-13-8-4-3-7-12(13)18(22)23/h3-4,7-8H,2,5-6,9-11H2,1H3,(H,20,21). The average molecular weight is 336 g/mol. The van der Waals surface area contributed by atoms with Gasteiger partial charge in [0.1, 0.15) is 5.54 Å². The van der Waals surface area contributed by atoms with E-state index in [1.54, 1.807) is 6.07 Å². The normalized spacial score (nSPS) is 16.2. The van der Waals surface area contributed by atoms with Crippen LogP contribution in [0.5, 0.6) is 5.75 Å². The second-order valence-electron chi connectivity index (χ2n) is 5.86. The number of nitrogens with zero attached hydrogens (tertiary/aromatic N) is 2.